The standard InChI is InChI=1S/C25H34OSi/c1-19-20(2)25(6,26)17-21(19)18-27(24(3,4)5,22-13-9-7-10-14-22)23-15-11-8-12-16-23/h7-16,20,26H,17-18H2,1-6H3/t20-,25-/m1/s1. The lowest BCUT2D eigenvalue weighted by Crippen LogP contribution is -2.64. The molecule has 1 N–H and O–H groups in total. The van der Waals surface area contributed by atoms with Crippen LogP contribution in [0, 0.1) is 5.92 Å². The molecule has 0 radical (unpaired) electrons. The van der Waals surface area contributed by atoms with Gasteiger partial charge in [0.05, 0.1) is 5.60 Å². The summed E-state index contributed by atoms with van der Waals surface area (Å²) in [6.45, 7) is 13.6. The molecule has 2 aromatic carbocycles. The maximum atomic E-state index is 10.9. The predicted octanol–water partition coefficient (Wildman–Crippen LogP) is 5.16. The van der Waals surface area contributed by atoms with Crippen LogP contribution in [0.25, 0.3) is 0 Å². The summed E-state index contributed by atoms with van der Waals surface area (Å²) < 4.78 is 0. The van der Waals surface area contributed by atoms with Crippen LogP contribution >= 0.6 is 0 Å². The molecule has 0 aliphatic heterocycles. The number of aliphatic hydroxyl groups is 1. The summed E-state index contributed by atoms with van der Waals surface area (Å²) in [6.07, 6.45) is 0.796. The van der Waals surface area contributed by atoms with Gasteiger partial charge in [-0.25, -0.2) is 0 Å². The van der Waals surface area contributed by atoms with Crippen LogP contribution in [-0.2, 0) is 0 Å². The highest BCUT2D eigenvalue weighted by molar-refractivity contribution is 7.04. The van der Waals surface area contributed by atoms with Gasteiger partial charge in [-0.3, -0.25) is 0 Å². The van der Waals surface area contributed by atoms with Crippen LogP contribution in [0.5, 0.6) is 0 Å². The van der Waals surface area contributed by atoms with E-state index in [1.165, 1.54) is 21.5 Å². The van der Waals surface area contributed by atoms with E-state index < -0.39 is 13.7 Å². The Morgan fingerprint density at radius 2 is 1.41 bits per heavy atom. The Balaban J connectivity index is 2.23. The van der Waals surface area contributed by atoms with Gasteiger partial charge in [0, 0.05) is 5.92 Å². The normalized spacial score (nSPS) is 23.7. The molecule has 2 heteroatoms. The molecule has 0 bridgehead atoms. The Morgan fingerprint density at radius 1 is 0.963 bits per heavy atom. The highest BCUT2D eigenvalue weighted by Gasteiger charge is 2.50. The SMILES string of the molecule is CC1=C(C[Si](c2ccccc2)(c2ccccc2)C(C)(C)C)C[C@@](C)(O)[C@@H]1C. The van der Waals surface area contributed by atoms with E-state index >= 15 is 0 Å². The monoisotopic (exact) mass is 378 g/mol. The van der Waals surface area contributed by atoms with Gasteiger partial charge in [-0.15, -0.1) is 0 Å². The summed E-state index contributed by atoms with van der Waals surface area (Å²) in [5.74, 6) is 0.228. The number of hydrogen-bond acceptors (Lipinski definition) is 1. The Bertz CT molecular complexity index is 773. The van der Waals surface area contributed by atoms with E-state index in [0.29, 0.717) is 0 Å². The molecule has 0 spiro atoms. The van der Waals surface area contributed by atoms with Gasteiger partial charge in [0.1, 0.15) is 8.07 Å². The zero-order valence-corrected chi connectivity index (χ0v) is 18.7. The van der Waals surface area contributed by atoms with Gasteiger partial charge < -0.3 is 5.11 Å². The first-order valence-corrected chi connectivity index (χ1v) is 12.3. The summed E-state index contributed by atoms with van der Waals surface area (Å²) >= 11 is 0. The van der Waals surface area contributed by atoms with Crippen molar-refractivity contribution in [1.82, 2.24) is 0 Å². The molecule has 0 heterocycles. The first kappa shape index (κ1) is 20.1. The maximum absolute atomic E-state index is 10.9. The van der Waals surface area contributed by atoms with Crippen molar-refractivity contribution in [1.29, 1.82) is 0 Å². The third kappa shape index (κ3) is 3.46. The molecule has 0 saturated carbocycles. The zero-order chi connectivity index (χ0) is 19.9. The van der Waals surface area contributed by atoms with Crippen LogP contribution in [0.15, 0.2) is 71.8 Å². The quantitative estimate of drug-likeness (QED) is 0.576. The number of hydrogen-bond donors (Lipinski definition) is 1. The third-order valence-corrected chi connectivity index (χ3v) is 13.2. The van der Waals surface area contributed by atoms with Gasteiger partial charge >= 0.3 is 0 Å². The van der Waals surface area contributed by atoms with E-state index in [2.05, 4.69) is 95.3 Å². The van der Waals surface area contributed by atoms with E-state index in [0.717, 1.165) is 12.5 Å². The van der Waals surface area contributed by atoms with Gasteiger partial charge in [0.2, 0.25) is 0 Å². The second-order valence-corrected chi connectivity index (χ2v) is 14.4. The van der Waals surface area contributed by atoms with E-state index in [-0.39, 0.29) is 11.0 Å². The molecule has 2 atom stereocenters. The average Bonchev–Trinajstić information content (AvgIpc) is 2.82. The Labute approximate surface area is 166 Å². The van der Waals surface area contributed by atoms with Crippen LogP contribution < -0.4 is 10.4 Å². The summed E-state index contributed by atoms with van der Waals surface area (Å²) in [7, 11) is -2.12. The minimum atomic E-state index is -2.12. The molecule has 1 aliphatic rings. The fourth-order valence-corrected chi connectivity index (χ4v) is 10.5. The van der Waals surface area contributed by atoms with Crippen LogP contribution in [0.4, 0.5) is 0 Å². The number of benzene rings is 2. The highest BCUT2D eigenvalue weighted by atomic mass is 28.3. The summed E-state index contributed by atoms with van der Waals surface area (Å²) in [4.78, 5) is 0. The molecule has 3 rings (SSSR count). The summed E-state index contributed by atoms with van der Waals surface area (Å²) in [5.41, 5.74) is 2.25. The lowest BCUT2D eigenvalue weighted by atomic mass is 9.91. The second kappa shape index (κ2) is 7.07. The van der Waals surface area contributed by atoms with Crippen molar-refractivity contribution in [3.8, 4) is 0 Å². The van der Waals surface area contributed by atoms with Crippen LogP contribution in [-0.4, -0.2) is 18.8 Å². The molecule has 1 aliphatic carbocycles. The van der Waals surface area contributed by atoms with Gasteiger partial charge in [-0.2, -0.15) is 0 Å². The maximum Gasteiger partial charge on any atom is 0.127 e. The summed E-state index contributed by atoms with van der Waals surface area (Å²) in [6, 6.07) is 23.4. The molecule has 0 saturated heterocycles. The van der Waals surface area contributed by atoms with Crippen LogP contribution in [0.3, 0.4) is 0 Å². The van der Waals surface area contributed by atoms with Gasteiger partial charge in [-0.1, -0.05) is 110 Å². The molecule has 27 heavy (non-hydrogen) atoms. The molecule has 0 unspecified atom stereocenters. The van der Waals surface area contributed by atoms with Crippen LogP contribution in [0.2, 0.25) is 11.1 Å². The van der Waals surface area contributed by atoms with Gasteiger partial charge in [0.15, 0.2) is 0 Å². The largest absolute Gasteiger partial charge is 0.389 e. The molecular weight excluding hydrogens is 344 g/mol. The predicted molar refractivity (Wildman–Crippen MR) is 120 cm³/mol. The Kier molecular flexibility index (Phi) is 5.26. The summed E-state index contributed by atoms with van der Waals surface area (Å²) in [5, 5.41) is 14.0. The first-order chi connectivity index (χ1) is 12.6. The zero-order valence-electron chi connectivity index (χ0n) is 17.7. The van der Waals surface area contributed by atoms with Crippen molar-refractivity contribution in [2.45, 2.75) is 64.6 Å². The van der Waals surface area contributed by atoms with Crippen molar-refractivity contribution >= 4 is 18.4 Å². The molecule has 0 aromatic heterocycles. The van der Waals surface area contributed by atoms with E-state index in [9.17, 15) is 5.11 Å². The minimum Gasteiger partial charge on any atom is -0.389 e. The average molecular weight is 379 g/mol. The second-order valence-electron chi connectivity index (χ2n) is 9.61. The first-order valence-electron chi connectivity index (χ1n) is 10.1. The van der Waals surface area contributed by atoms with E-state index in [4.69, 9.17) is 0 Å². The Morgan fingerprint density at radius 3 is 1.74 bits per heavy atom. The van der Waals surface area contributed by atoms with E-state index in [1.807, 2.05) is 6.92 Å². The molecule has 2 aromatic rings. The lowest BCUT2D eigenvalue weighted by Gasteiger charge is -2.45. The van der Waals surface area contributed by atoms with Crippen molar-refractivity contribution in [2.24, 2.45) is 5.92 Å². The van der Waals surface area contributed by atoms with Crippen molar-refractivity contribution in [3.63, 3.8) is 0 Å². The lowest BCUT2D eigenvalue weighted by molar-refractivity contribution is 0.0331. The van der Waals surface area contributed by atoms with Crippen molar-refractivity contribution in [3.05, 3.63) is 71.8 Å². The molecule has 0 amide bonds. The molecule has 1 nitrogen and oxygen atoms in total. The third-order valence-electron chi connectivity index (χ3n) is 7.00. The van der Waals surface area contributed by atoms with Crippen LogP contribution in [0.1, 0.15) is 48.0 Å². The Hall–Kier alpha value is -1.64. The van der Waals surface area contributed by atoms with Crippen molar-refractivity contribution in [2.75, 3.05) is 0 Å². The molecule has 144 valence electrons. The smallest absolute Gasteiger partial charge is 0.127 e. The highest BCUT2D eigenvalue weighted by Crippen LogP contribution is 2.47. The fraction of sp³-hybridized carbons (Fsp3) is 0.440. The topological polar surface area (TPSA) is 20.2 Å². The van der Waals surface area contributed by atoms with Gasteiger partial charge in [-0.05, 0) is 31.4 Å². The van der Waals surface area contributed by atoms with Gasteiger partial charge in [0.25, 0.3) is 0 Å². The minimum absolute atomic E-state index is 0.153. The number of rotatable bonds is 4. The van der Waals surface area contributed by atoms with Crippen molar-refractivity contribution < 1.29 is 5.11 Å². The van der Waals surface area contributed by atoms with E-state index in [1.54, 1.807) is 0 Å². The molecule has 0 fully saturated rings. The fourth-order valence-electron chi connectivity index (χ4n) is 4.97. The molecular formula is C25H34OSi.